The molecule has 0 aliphatic rings. The predicted molar refractivity (Wildman–Crippen MR) is 272 cm³/mol. The molecule has 0 fully saturated rings. The third kappa shape index (κ3) is 5.88. The molecule has 0 unspecified atom stereocenters. The molecule has 13 rings (SSSR count). The van der Waals surface area contributed by atoms with Gasteiger partial charge in [0.25, 0.3) is 0 Å². The highest BCUT2D eigenvalue weighted by molar-refractivity contribution is 6.23. The molecule has 2 nitrogen and oxygen atoms in total. The summed E-state index contributed by atoms with van der Waals surface area (Å²) in [5.74, 6) is 0. The number of hydrogen-bond acceptors (Lipinski definition) is 2. The number of hydrogen-bond donors (Lipinski definition) is 0. The maximum atomic E-state index is 5.39. The van der Waals surface area contributed by atoms with E-state index in [1.54, 1.807) is 0 Å². The highest BCUT2D eigenvalue weighted by atomic mass is 14.8. The van der Waals surface area contributed by atoms with Crippen LogP contribution in [0, 0.1) is 0 Å². The number of benzene rings is 11. The number of rotatable bonds is 5. The molecule has 64 heavy (non-hydrogen) atoms. The molecule has 0 radical (unpaired) electrons. The molecule has 2 heterocycles. The fourth-order valence-corrected chi connectivity index (χ4v) is 10.1. The Morgan fingerprint density at radius 3 is 1.30 bits per heavy atom. The Bertz CT molecular complexity index is 4020. The second-order valence-electron chi connectivity index (χ2n) is 16.9. The van der Waals surface area contributed by atoms with Crippen LogP contribution in [0.2, 0.25) is 0 Å². The van der Waals surface area contributed by atoms with Gasteiger partial charge in [-0.15, -0.1) is 0 Å². The van der Waals surface area contributed by atoms with Gasteiger partial charge in [-0.2, -0.15) is 0 Å². The van der Waals surface area contributed by atoms with Gasteiger partial charge in [0, 0.05) is 21.9 Å². The van der Waals surface area contributed by atoms with E-state index in [1.165, 1.54) is 81.9 Å². The quantitative estimate of drug-likeness (QED) is 0.128. The van der Waals surface area contributed by atoms with E-state index in [0.717, 1.165) is 49.7 Å². The van der Waals surface area contributed by atoms with E-state index in [2.05, 4.69) is 224 Å². The van der Waals surface area contributed by atoms with Crippen molar-refractivity contribution in [3.05, 3.63) is 231 Å². The zero-order valence-corrected chi connectivity index (χ0v) is 34.8. The average Bonchev–Trinajstić information content (AvgIpc) is 3.37. The Morgan fingerprint density at radius 1 is 0.219 bits per heavy atom. The zero-order valence-electron chi connectivity index (χ0n) is 34.8. The maximum absolute atomic E-state index is 5.39. The average molecular weight is 811 g/mol. The SMILES string of the molecule is c1ccc(-c2ccc3ccc4ccc(-c5ccc(-c6ccc7c(-c8ccc9ccccc9c8)c8ccccc8c(-c8ccc9ccccc9c8)c7c6)c6ccccc56)nc4c3n2)cc1. The summed E-state index contributed by atoms with van der Waals surface area (Å²) in [7, 11) is 0. The molecule has 0 aliphatic carbocycles. The molecule has 11 aromatic carbocycles. The largest absolute Gasteiger partial charge is 0.245 e. The molecular weight excluding hydrogens is 773 g/mol. The van der Waals surface area contributed by atoms with Crippen molar-refractivity contribution < 1.29 is 0 Å². The van der Waals surface area contributed by atoms with Gasteiger partial charge in [0.2, 0.25) is 0 Å². The third-order valence-electron chi connectivity index (χ3n) is 13.2. The Kier molecular flexibility index (Phi) is 8.25. The minimum absolute atomic E-state index is 0.908. The molecule has 2 heteroatoms. The summed E-state index contributed by atoms with van der Waals surface area (Å²) in [5.41, 5.74) is 13.2. The van der Waals surface area contributed by atoms with Gasteiger partial charge >= 0.3 is 0 Å². The van der Waals surface area contributed by atoms with Crippen LogP contribution in [0.3, 0.4) is 0 Å². The number of fused-ring (bicyclic) bond motifs is 8. The van der Waals surface area contributed by atoms with E-state index in [9.17, 15) is 0 Å². The predicted octanol–water partition coefficient (Wildman–Crippen LogP) is 16.9. The van der Waals surface area contributed by atoms with Crippen molar-refractivity contribution in [1.82, 2.24) is 9.97 Å². The number of aromatic nitrogens is 2. The molecule has 0 atom stereocenters. The molecule has 0 spiro atoms. The molecule has 0 amide bonds. The Hall–Kier alpha value is -8.46. The highest BCUT2D eigenvalue weighted by Gasteiger charge is 2.20. The summed E-state index contributed by atoms with van der Waals surface area (Å²) in [4.78, 5) is 10.6. The lowest BCUT2D eigenvalue weighted by Crippen LogP contribution is -1.93. The fraction of sp³-hybridized carbons (Fsp3) is 0. The van der Waals surface area contributed by atoms with Crippen LogP contribution in [0.4, 0.5) is 0 Å². The summed E-state index contributed by atoms with van der Waals surface area (Å²) in [6.45, 7) is 0. The maximum Gasteiger partial charge on any atom is 0.0972 e. The first-order valence-corrected chi connectivity index (χ1v) is 22.0. The molecule has 296 valence electrons. The first-order valence-electron chi connectivity index (χ1n) is 22.0. The van der Waals surface area contributed by atoms with Crippen LogP contribution in [-0.2, 0) is 0 Å². The van der Waals surface area contributed by atoms with Crippen LogP contribution in [0.5, 0.6) is 0 Å². The van der Waals surface area contributed by atoms with Crippen molar-refractivity contribution in [2.24, 2.45) is 0 Å². The van der Waals surface area contributed by atoms with Crippen molar-refractivity contribution in [3.8, 4) is 55.9 Å². The molecule has 0 aliphatic heterocycles. The molecule has 0 saturated carbocycles. The molecule has 0 saturated heterocycles. The third-order valence-corrected chi connectivity index (χ3v) is 13.2. The smallest absolute Gasteiger partial charge is 0.0972 e. The van der Waals surface area contributed by atoms with Gasteiger partial charge in [0.05, 0.1) is 22.4 Å². The minimum Gasteiger partial charge on any atom is -0.245 e. The van der Waals surface area contributed by atoms with E-state index in [0.29, 0.717) is 0 Å². The molecular formula is C62H38N2. The van der Waals surface area contributed by atoms with Crippen molar-refractivity contribution in [2.75, 3.05) is 0 Å². The topological polar surface area (TPSA) is 25.8 Å². The second kappa shape index (κ2) is 14.6. The molecule has 2 aromatic heterocycles. The van der Waals surface area contributed by atoms with Crippen LogP contribution in [0.25, 0.3) is 132 Å². The lowest BCUT2D eigenvalue weighted by Gasteiger charge is -2.20. The number of nitrogens with zero attached hydrogens (tertiary/aromatic N) is 2. The van der Waals surface area contributed by atoms with E-state index < -0.39 is 0 Å². The lowest BCUT2D eigenvalue weighted by atomic mass is 9.83. The summed E-state index contributed by atoms with van der Waals surface area (Å²) in [6, 6.07) is 83.8. The van der Waals surface area contributed by atoms with Crippen molar-refractivity contribution in [2.45, 2.75) is 0 Å². The van der Waals surface area contributed by atoms with Gasteiger partial charge in [0.15, 0.2) is 0 Å². The minimum atomic E-state index is 0.908. The van der Waals surface area contributed by atoms with Crippen molar-refractivity contribution >= 4 is 75.7 Å². The first kappa shape index (κ1) is 36.2. The van der Waals surface area contributed by atoms with Gasteiger partial charge < -0.3 is 0 Å². The highest BCUT2D eigenvalue weighted by Crippen LogP contribution is 2.47. The van der Waals surface area contributed by atoms with Gasteiger partial charge in [-0.05, 0) is 118 Å². The van der Waals surface area contributed by atoms with Crippen molar-refractivity contribution in [3.63, 3.8) is 0 Å². The van der Waals surface area contributed by atoms with Gasteiger partial charge in [-0.1, -0.05) is 200 Å². The number of pyridine rings is 2. The van der Waals surface area contributed by atoms with Crippen molar-refractivity contribution in [1.29, 1.82) is 0 Å². The molecule has 0 bridgehead atoms. The molecule has 0 N–H and O–H groups in total. The second-order valence-corrected chi connectivity index (χ2v) is 16.9. The summed E-state index contributed by atoms with van der Waals surface area (Å²) in [5, 5.41) is 14.4. The standard InChI is InChI=1S/C62H38N2/c1-2-14-41(15-3-1)57-34-29-42-24-25-43-30-35-58(64-62(43)61(42)63-57)52-33-32-49(50-18-8-9-19-51(50)52)46-28-31-55-56(38-46)60(48-27-23-40-13-5-7-17-45(40)37-48)54-21-11-10-20-53(54)59(55)47-26-22-39-12-4-6-16-44(39)36-47/h1-38H. The van der Waals surface area contributed by atoms with Crippen LogP contribution < -0.4 is 0 Å². The van der Waals surface area contributed by atoms with Crippen LogP contribution >= 0.6 is 0 Å². The van der Waals surface area contributed by atoms with Gasteiger partial charge in [-0.25, -0.2) is 9.97 Å². The summed E-state index contributed by atoms with van der Waals surface area (Å²) in [6.07, 6.45) is 0. The Labute approximate surface area is 370 Å². The van der Waals surface area contributed by atoms with Crippen LogP contribution in [0.1, 0.15) is 0 Å². The van der Waals surface area contributed by atoms with Gasteiger partial charge in [-0.3, -0.25) is 0 Å². The van der Waals surface area contributed by atoms with E-state index >= 15 is 0 Å². The first-order chi connectivity index (χ1) is 31.7. The monoisotopic (exact) mass is 810 g/mol. The van der Waals surface area contributed by atoms with E-state index in [4.69, 9.17) is 9.97 Å². The Balaban J connectivity index is 1.03. The van der Waals surface area contributed by atoms with Gasteiger partial charge in [0.1, 0.15) is 0 Å². The normalized spacial score (nSPS) is 11.8. The Morgan fingerprint density at radius 2 is 0.656 bits per heavy atom. The van der Waals surface area contributed by atoms with E-state index in [-0.39, 0.29) is 0 Å². The van der Waals surface area contributed by atoms with E-state index in [1.807, 2.05) is 6.07 Å². The van der Waals surface area contributed by atoms with Crippen LogP contribution in [0.15, 0.2) is 231 Å². The van der Waals surface area contributed by atoms with Crippen LogP contribution in [-0.4, -0.2) is 9.97 Å². The molecule has 13 aromatic rings. The fourth-order valence-electron chi connectivity index (χ4n) is 10.1. The summed E-state index contributed by atoms with van der Waals surface area (Å²) >= 11 is 0. The zero-order chi connectivity index (χ0) is 42.1. The summed E-state index contributed by atoms with van der Waals surface area (Å²) < 4.78 is 0. The lowest BCUT2D eigenvalue weighted by molar-refractivity contribution is 1.37.